The van der Waals surface area contributed by atoms with Gasteiger partial charge in [-0.15, -0.1) is 0 Å². The van der Waals surface area contributed by atoms with Crippen LogP contribution in [-0.4, -0.2) is 55.8 Å². The maximum Gasteiger partial charge on any atom is 0.168 e. The van der Waals surface area contributed by atoms with Gasteiger partial charge in [-0.05, 0) is 6.92 Å². The van der Waals surface area contributed by atoms with Gasteiger partial charge in [-0.2, -0.15) is 5.26 Å². The van der Waals surface area contributed by atoms with Crippen LogP contribution < -0.4 is 5.73 Å². The highest BCUT2D eigenvalue weighted by molar-refractivity contribution is 5.92. The Morgan fingerprint density at radius 3 is 2.77 bits per heavy atom. The van der Waals surface area contributed by atoms with E-state index in [4.69, 9.17) is 10.5 Å². The lowest BCUT2D eigenvalue weighted by Gasteiger charge is -2.34. The monoisotopic (exact) mass is 307 g/mol. The van der Waals surface area contributed by atoms with Crippen LogP contribution in [0.5, 0.6) is 0 Å². The molecule has 0 radical (unpaired) electrons. The Hall–Kier alpha value is -2.25. The highest BCUT2D eigenvalue weighted by atomic mass is 16.5. The van der Waals surface area contributed by atoms with E-state index in [0.717, 1.165) is 0 Å². The Bertz CT molecular complexity index is 717. The fraction of sp³-hybridized carbons (Fsp3) is 0.462. The van der Waals surface area contributed by atoms with Gasteiger partial charge >= 0.3 is 0 Å². The molecule has 0 saturated carbocycles. The molecule has 2 aromatic rings. The van der Waals surface area contributed by atoms with E-state index in [0.29, 0.717) is 0 Å². The van der Waals surface area contributed by atoms with Crippen LogP contribution in [0.15, 0.2) is 12.5 Å². The number of nitrogens with zero attached hydrogens (tertiary/aromatic N) is 4. The summed E-state index contributed by atoms with van der Waals surface area (Å²) in [5.74, 6) is 0.0936. The Morgan fingerprint density at radius 2 is 2.23 bits per heavy atom. The molecule has 0 unspecified atom stereocenters. The fourth-order valence-corrected chi connectivity index (χ4v) is 2.31. The summed E-state index contributed by atoms with van der Waals surface area (Å²) in [4.78, 5) is 7.83. The van der Waals surface area contributed by atoms with Crippen molar-refractivity contribution < 1.29 is 20.1 Å². The van der Waals surface area contributed by atoms with Crippen molar-refractivity contribution in [2.45, 2.75) is 24.9 Å². The normalized spacial score (nSPS) is 16.9. The van der Waals surface area contributed by atoms with Gasteiger partial charge in [0.2, 0.25) is 0 Å². The number of aromatic nitrogens is 3. The SMILES string of the molecule is CO[C@H](CO)[C@@H](O)[C@@](C)(O)n1cc(C#N)c2c(N)ncnc21. The quantitative estimate of drug-likeness (QED) is 0.544. The van der Waals surface area contributed by atoms with Gasteiger partial charge in [0.15, 0.2) is 5.72 Å². The highest BCUT2D eigenvalue weighted by Gasteiger charge is 2.39. The summed E-state index contributed by atoms with van der Waals surface area (Å²) in [6.07, 6.45) is 0.0266. The number of hydrogen-bond donors (Lipinski definition) is 4. The summed E-state index contributed by atoms with van der Waals surface area (Å²) >= 11 is 0. The average molecular weight is 307 g/mol. The van der Waals surface area contributed by atoms with Crippen molar-refractivity contribution in [1.29, 1.82) is 5.26 Å². The Kier molecular flexibility index (Phi) is 4.30. The first-order chi connectivity index (χ1) is 10.4. The summed E-state index contributed by atoms with van der Waals surface area (Å²) in [6, 6.07) is 1.95. The molecule has 22 heavy (non-hydrogen) atoms. The summed E-state index contributed by atoms with van der Waals surface area (Å²) in [5.41, 5.74) is 4.22. The third-order valence-electron chi connectivity index (χ3n) is 3.62. The molecule has 0 amide bonds. The van der Waals surface area contributed by atoms with Gasteiger partial charge in [0.25, 0.3) is 0 Å². The van der Waals surface area contributed by atoms with Gasteiger partial charge in [0.1, 0.15) is 36.1 Å². The number of fused-ring (bicyclic) bond motifs is 1. The number of nitriles is 1. The largest absolute Gasteiger partial charge is 0.394 e. The second kappa shape index (κ2) is 5.86. The minimum absolute atomic E-state index is 0.0936. The van der Waals surface area contributed by atoms with Crippen LogP contribution in [0.25, 0.3) is 11.0 Å². The van der Waals surface area contributed by atoms with Crippen molar-refractivity contribution in [1.82, 2.24) is 14.5 Å². The lowest BCUT2D eigenvalue weighted by atomic mass is 10.0. The molecule has 5 N–H and O–H groups in total. The molecule has 118 valence electrons. The first-order valence-corrected chi connectivity index (χ1v) is 6.44. The Morgan fingerprint density at radius 1 is 1.55 bits per heavy atom. The van der Waals surface area contributed by atoms with Gasteiger partial charge in [-0.1, -0.05) is 0 Å². The number of methoxy groups -OCH3 is 1. The van der Waals surface area contributed by atoms with Crippen LogP contribution >= 0.6 is 0 Å². The van der Waals surface area contributed by atoms with E-state index in [9.17, 15) is 20.6 Å². The maximum absolute atomic E-state index is 10.7. The van der Waals surface area contributed by atoms with E-state index in [1.165, 1.54) is 31.1 Å². The molecule has 2 rings (SSSR count). The van der Waals surface area contributed by atoms with Crippen LogP contribution in [0.4, 0.5) is 5.82 Å². The number of rotatable bonds is 5. The molecule has 2 aromatic heterocycles. The van der Waals surface area contributed by atoms with Crippen LogP contribution in [0.2, 0.25) is 0 Å². The molecule has 0 aliphatic rings. The highest BCUT2D eigenvalue weighted by Crippen LogP contribution is 2.30. The van der Waals surface area contributed by atoms with E-state index in [1.54, 1.807) is 0 Å². The lowest BCUT2D eigenvalue weighted by Crippen LogP contribution is -2.50. The third kappa shape index (κ3) is 2.38. The Balaban J connectivity index is 2.64. The molecule has 3 atom stereocenters. The number of ether oxygens (including phenoxy) is 1. The summed E-state index contributed by atoms with van der Waals surface area (Å²) < 4.78 is 6.16. The van der Waals surface area contributed by atoms with Crippen molar-refractivity contribution in [2.24, 2.45) is 0 Å². The summed E-state index contributed by atoms with van der Waals surface area (Å²) in [7, 11) is 1.30. The van der Waals surface area contributed by atoms with Crippen molar-refractivity contribution in [3.8, 4) is 6.07 Å². The summed E-state index contributed by atoms with van der Waals surface area (Å²) in [5, 5.41) is 39.7. The minimum atomic E-state index is -1.89. The van der Waals surface area contributed by atoms with Crippen molar-refractivity contribution in [2.75, 3.05) is 19.5 Å². The topological polar surface area (TPSA) is 150 Å². The van der Waals surface area contributed by atoms with Crippen molar-refractivity contribution in [3.63, 3.8) is 0 Å². The number of anilines is 1. The molecule has 0 aliphatic heterocycles. The van der Waals surface area contributed by atoms with Crippen molar-refractivity contribution >= 4 is 16.9 Å². The van der Waals surface area contributed by atoms with Gasteiger partial charge in [0, 0.05) is 13.3 Å². The fourth-order valence-electron chi connectivity index (χ4n) is 2.31. The maximum atomic E-state index is 10.7. The molecule has 0 bridgehead atoms. The predicted octanol–water partition coefficient (Wildman–Crippen LogP) is -1.08. The molecule has 2 heterocycles. The molecular formula is C13H17N5O4. The number of aliphatic hydroxyl groups is 3. The van der Waals surface area contributed by atoms with E-state index in [2.05, 4.69) is 9.97 Å². The number of hydrogen-bond acceptors (Lipinski definition) is 8. The molecule has 0 fully saturated rings. The van der Waals surface area contributed by atoms with E-state index >= 15 is 0 Å². The van der Waals surface area contributed by atoms with Gasteiger partial charge in [0.05, 0.1) is 17.6 Å². The van der Waals surface area contributed by atoms with Crippen LogP contribution in [0, 0.1) is 11.3 Å². The second-order valence-electron chi connectivity index (χ2n) is 4.98. The number of aliphatic hydroxyl groups excluding tert-OH is 2. The number of nitrogen functional groups attached to an aromatic ring is 1. The zero-order chi connectivity index (χ0) is 16.5. The molecule has 0 aliphatic carbocycles. The lowest BCUT2D eigenvalue weighted by molar-refractivity contribution is -0.174. The van der Waals surface area contributed by atoms with E-state index < -0.39 is 24.5 Å². The Labute approximate surface area is 126 Å². The first kappa shape index (κ1) is 16.1. The van der Waals surface area contributed by atoms with Gasteiger partial charge in [-0.3, -0.25) is 4.57 Å². The average Bonchev–Trinajstić information content (AvgIpc) is 2.89. The van der Waals surface area contributed by atoms with Crippen LogP contribution in [-0.2, 0) is 10.5 Å². The zero-order valence-electron chi connectivity index (χ0n) is 12.1. The van der Waals surface area contributed by atoms with Crippen LogP contribution in [0.1, 0.15) is 12.5 Å². The molecule has 0 aromatic carbocycles. The predicted molar refractivity (Wildman–Crippen MR) is 76.4 cm³/mol. The molecule has 0 spiro atoms. The summed E-state index contributed by atoms with van der Waals surface area (Å²) in [6.45, 7) is 0.827. The second-order valence-corrected chi connectivity index (χ2v) is 4.98. The van der Waals surface area contributed by atoms with Gasteiger partial charge < -0.3 is 25.8 Å². The third-order valence-corrected chi connectivity index (χ3v) is 3.62. The molecule has 9 nitrogen and oxygen atoms in total. The molecular weight excluding hydrogens is 290 g/mol. The first-order valence-electron chi connectivity index (χ1n) is 6.44. The van der Waals surface area contributed by atoms with E-state index in [1.807, 2.05) is 6.07 Å². The van der Waals surface area contributed by atoms with Crippen molar-refractivity contribution in [3.05, 3.63) is 18.1 Å². The van der Waals surface area contributed by atoms with Crippen LogP contribution in [0.3, 0.4) is 0 Å². The molecule has 0 saturated heterocycles. The smallest absolute Gasteiger partial charge is 0.168 e. The number of nitrogens with two attached hydrogens (primary N) is 1. The zero-order valence-corrected chi connectivity index (χ0v) is 12.1. The standard InChI is InChI=1S/C13H17N5O4/c1-13(21,10(20)8(5-19)22-2)18-4-7(3-14)9-11(15)16-6-17-12(9)18/h4,6,8,10,19-21H,5H2,1-2H3,(H2,15,16,17)/t8-,10-,13-/m1/s1. The van der Waals surface area contributed by atoms with E-state index in [-0.39, 0.29) is 22.4 Å². The molecule has 9 heteroatoms. The van der Waals surface area contributed by atoms with Gasteiger partial charge in [-0.25, -0.2) is 9.97 Å². The minimum Gasteiger partial charge on any atom is -0.394 e.